The molecule has 2 fully saturated rings. The van der Waals surface area contributed by atoms with E-state index in [0.717, 1.165) is 32.0 Å². The number of hydrogen-bond acceptors (Lipinski definition) is 3. The molecule has 19 heavy (non-hydrogen) atoms. The van der Waals surface area contributed by atoms with Crippen molar-refractivity contribution in [2.75, 3.05) is 33.2 Å². The average molecular weight is 267 g/mol. The molecule has 0 aromatic heterocycles. The van der Waals surface area contributed by atoms with E-state index < -0.39 is 0 Å². The van der Waals surface area contributed by atoms with Gasteiger partial charge in [-0.1, -0.05) is 6.42 Å². The number of nitrogens with one attached hydrogen (secondary N) is 2. The van der Waals surface area contributed by atoms with Crippen molar-refractivity contribution in [3.8, 4) is 0 Å². The van der Waals surface area contributed by atoms with Gasteiger partial charge in [0.25, 0.3) is 0 Å². The van der Waals surface area contributed by atoms with Crippen LogP contribution in [0.1, 0.15) is 44.9 Å². The minimum Gasteiger partial charge on any atom is -0.355 e. The number of piperidine rings is 2. The summed E-state index contributed by atoms with van der Waals surface area (Å²) in [6, 6.07) is 0.552. The summed E-state index contributed by atoms with van der Waals surface area (Å²) in [5, 5.41) is 6.50. The molecule has 1 amide bonds. The van der Waals surface area contributed by atoms with Gasteiger partial charge < -0.3 is 15.5 Å². The third kappa shape index (κ3) is 5.11. The summed E-state index contributed by atoms with van der Waals surface area (Å²) >= 11 is 0. The Balaban J connectivity index is 1.58. The molecule has 110 valence electrons. The minimum atomic E-state index is 0.248. The first-order chi connectivity index (χ1) is 9.25. The normalized spacial score (nSPS) is 26.3. The van der Waals surface area contributed by atoms with Crippen LogP contribution in [0.4, 0.5) is 0 Å². The number of nitrogens with zero attached hydrogens (tertiary/aromatic N) is 1. The van der Waals surface area contributed by atoms with E-state index in [-0.39, 0.29) is 5.91 Å². The molecular weight excluding hydrogens is 238 g/mol. The molecule has 0 bridgehead atoms. The predicted octanol–water partition coefficient (Wildman–Crippen LogP) is 1.37. The topological polar surface area (TPSA) is 44.4 Å². The lowest BCUT2D eigenvalue weighted by molar-refractivity contribution is -0.121. The van der Waals surface area contributed by atoms with Gasteiger partial charge in [-0.15, -0.1) is 0 Å². The zero-order valence-corrected chi connectivity index (χ0v) is 12.3. The van der Waals surface area contributed by atoms with Crippen LogP contribution in [-0.2, 0) is 4.79 Å². The van der Waals surface area contributed by atoms with E-state index >= 15 is 0 Å². The molecule has 2 N–H and O–H groups in total. The average Bonchev–Trinajstić information content (AvgIpc) is 2.45. The summed E-state index contributed by atoms with van der Waals surface area (Å²) in [6.07, 6.45) is 8.08. The van der Waals surface area contributed by atoms with Gasteiger partial charge in [0.1, 0.15) is 0 Å². The van der Waals surface area contributed by atoms with Crippen molar-refractivity contribution in [2.45, 2.75) is 51.0 Å². The van der Waals surface area contributed by atoms with Crippen LogP contribution in [0.2, 0.25) is 0 Å². The van der Waals surface area contributed by atoms with Crippen LogP contribution in [0.15, 0.2) is 0 Å². The summed E-state index contributed by atoms with van der Waals surface area (Å²) in [5.41, 5.74) is 0. The highest BCUT2D eigenvalue weighted by Crippen LogP contribution is 2.18. The molecule has 2 aliphatic heterocycles. The fraction of sp³-hybridized carbons (Fsp3) is 0.933. The second-order valence-corrected chi connectivity index (χ2v) is 6.17. The zero-order chi connectivity index (χ0) is 13.5. The lowest BCUT2D eigenvalue weighted by Crippen LogP contribution is -2.44. The molecule has 2 rings (SSSR count). The van der Waals surface area contributed by atoms with Crippen LogP contribution in [-0.4, -0.2) is 50.1 Å². The first kappa shape index (κ1) is 14.8. The van der Waals surface area contributed by atoms with E-state index in [1.165, 1.54) is 38.6 Å². The number of hydrogen-bond donors (Lipinski definition) is 2. The highest BCUT2D eigenvalue weighted by Gasteiger charge is 2.19. The third-order valence-electron chi connectivity index (χ3n) is 4.69. The Hall–Kier alpha value is -0.610. The van der Waals surface area contributed by atoms with Crippen molar-refractivity contribution < 1.29 is 4.79 Å². The van der Waals surface area contributed by atoms with E-state index in [4.69, 9.17) is 0 Å². The van der Waals surface area contributed by atoms with Crippen LogP contribution in [0.25, 0.3) is 0 Å². The van der Waals surface area contributed by atoms with E-state index in [9.17, 15) is 4.79 Å². The highest BCUT2D eigenvalue weighted by atomic mass is 16.1. The van der Waals surface area contributed by atoms with Crippen LogP contribution in [0.5, 0.6) is 0 Å². The minimum absolute atomic E-state index is 0.248. The summed E-state index contributed by atoms with van der Waals surface area (Å²) in [4.78, 5) is 14.3. The Morgan fingerprint density at radius 2 is 2.05 bits per heavy atom. The smallest absolute Gasteiger partial charge is 0.220 e. The van der Waals surface area contributed by atoms with Crippen molar-refractivity contribution >= 4 is 5.91 Å². The first-order valence-electron chi connectivity index (χ1n) is 7.93. The van der Waals surface area contributed by atoms with Crippen LogP contribution in [0.3, 0.4) is 0 Å². The molecule has 1 unspecified atom stereocenters. The fourth-order valence-electron chi connectivity index (χ4n) is 3.23. The molecule has 4 nitrogen and oxygen atoms in total. The van der Waals surface area contributed by atoms with Crippen molar-refractivity contribution in [2.24, 2.45) is 5.92 Å². The molecule has 0 saturated carbocycles. The van der Waals surface area contributed by atoms with Crippen molar-refractivity contribution in [3.63, 3.8) is 0 Å². The van der Waals surface area contributed by atoms with Gasteiger partial charge in [0.2, 0.25) is 5.91 Å². The van der Waals surface area contributed by atoms with E-state index in [2.05, 4.69) is 22.6 Å². The van der Waals surface area contributed by atoms with Gasteiger partial charge >= 0.3 is 0 Å². The molecule has 0 aromatic carbocycles. The Labute approximate surface area is 117 Å². The second kappa shape index (κ2) is 7.85. The number of carbonyl (C=O) groups excluding carboxylic acids is 1. The number of amides is 1. The third-order valence-corrected chi connectivity index (χ3v) is 4.69. The Bertz CT molecular complexity index is 277. The monoisotopic (exact) mass is 267 g/mol. The SMILES string of the molecule is CN1CCCCC1CNC(=O)CCC1CCNCC1. The van der Waals surface area contributed by atoms with E-state index in [1.807, 2.05) is 0 Å². The number of likely N-dealkylation sites (tertiary alicyclic amines) is 1. The van der Waals surface area contributed by atoms with Gasteiger partial charge in [-0.2, -0.15) is 0 Å². The Kier molecular flexibility index (Phi) is 6.11. The molecule has 2 aliphatic rings. The standard InChI is InChI=1S/C15H29N3O/c1-18-11-3-2-4-14(18)12-17-15(19)6-5-13-7-9-16-10-8-13/h13-14,16H,2-12H2,1H3,(H,17,19). The number of likely N-dealkylation sites (N-methyl/N-ethyl adjacent to an activating group) is 1. The number of carbonyl (C=O) groups is 1. The molecule has 0 spiro atoms. The van der Waals surface area contributed by atoms with E-state index in [1.54, 1.807) is 0 Å². The van der Waals surface area contributed by atoms with Crippen molar-refractivity contribution in [3.05, 3.63) is 0 Å². The van der Waals surface area contributed by atoms with Gasteiger partial charge in [-0.05, 0) is 64.7 Å². The number of rotatable bonds is 5. The molecule has 2 heterocycles. The van der Waals surface area contributed by atoms with Gasteiger partial charge in [-0.3, -0.25) is 4.79 Å². The fourth-order valence-corrected chi connectivity index (χ4v) is 3.23. The molecule has 0 radical (unpaired) electrons. The first-order valence-corrected chi connectivity index (χ1v) is 7.93. The molecular formula is C15H29N3O. The van der Waals surface area contributed by atoms with E-state index in [0.29, 0.717) is 12.5 Å². The van der Waals surface area contributed by atoms with Crippen LogP contribution < -0.4 is 10.6 Å². The van der Waals surface area contributed by atoms with Crippen molar-refractivity contribution in [1.29, 1.82) is 0 Å². The van der Waals surface area contributed by atoms with Gasteiger partial charge in [0.05, 0.1) is 0 Å². The quantitative estimate of drug-likeness (QED) is 0.791. The predicted molar refractivity (Wildman–Crippen MR) is 78.1 cm³/mol. The van der Waals surface area contributed by atoms with Crippen LogP contribution in [0, 0.1) is 5.92 Å². The van der Waals surface area contributed by atoms with Crippen molar-refractivity contribution in [1.82, 2.24) is 15.5 Å². The summed E-state index contributed by atoms with van der Waals surface area (Å²) in [6.45, 7) is 4.26. The molecule has 0 aliphatic carbocycles. The summed E-state index contributed by atoms with van der Waals surface area (Å²) in [7, 11) is 2.17. The van der Waals surface area contributed by atoms with Gasteiger partial charge in [0.15, 0.2) is 0 Å². The zero-order valence-electron chi connectivity index (χ0n) is 12.3. The highest BCUT2D eigenvalue weighted by molar-refractivity contribution is 5.75. The van der Waals surface area contributed by atoms with Crippen LogP contribution >= 0.6 is 0 Å². The molecule has 2 saturated heterocycles. The molecule has 4 heteroatoms. The largest absolute Gasteiger partial charge is 0.355 e. The maximum Gasteiger partial charge on any atom is 0.220 e. The molecule has 1 atom stereocenters. The lowest BCUT2D eigenvalue weighted by Gasteiger charge is -2.32. The Morgan fingerprint density at radius 1 is 1.26 bits per heavy atom. The summed E-state index contributed by atoms with van der Waals surface area (Å²) in [5.74, 6) is 1.00. The Morgan fingerprint density at radius 3 is 2.79 bits per heavy atom. The lowest BCUT2D eigenvalue weighted by atomic mass is 9.93. The maximum atomic E-state index is 11.9. The molecule has 0 aromatic rings. The second-order valence-electron chi connectivity index (χ2n) is 6.17. The van der Waals surface area contributed by atoms with Gasteiger partial charge in [0, 0.05) is 19.0 Å². The maximum absolute atomic E-state index is 11.9. The van der Waals surface area contributed by atoms with Gasteiger partial charge in [-0.25, -0.2) is 0 Å². The summed E-state index contributed by atoms with van der Waals surface area (Å²) < 4.78 is 0.